The van der Waals surface area contributed by atoms with Gasteiger partial charge in [-0.3, -0.25) is 0 Å². The third kappa shape index (κ3) is 9.63. The number of nitrogens with one attached hydrogen (secondary N) is 1. The SMILES string of the molecule is CNC(C#N)COCCOCCCOC. The highest BCUT2D eigenvalue weighted by molar-refractivity contribution is 4.88. The number of hydrogen-bond acceptors (Lipinski definition) is 5. The van der Waals surface area contributed by atoms with E-state index in [0.29, 0.717) is 26.4 Å². The first kappa shape index (κ1) is 14.3. The van der Waals surface area contributed by atoms with Gasteiger partial charge in [-0.15, -0.1) is 0 Å². The Kier molecular flexibility index (Phi) is 10.9. The Morgan fingerprint density at radius 3 is 2.53 bits per heavy atom. The van der Waals surface area contributed by atoms with E-state index in [1.54, 1.807) is 14.2 Å². The average Bonchev–Trinajstić information content (AvgIpc) is 2.27. The van der Waals surface area contributed by atoms with E-state index in [-0.39, 0.29) is 6.04 Å². The van der Waals surface area contributed by atoms with E-state index < -0.39 is 0 Å². The molecule has 0 spiro atoms. The first-order valence-electron chi connectivity index (χ1n) is 5.06. The highest BCUT2D eigenvalue weighted by atomic mass is 16.5. The summed E-state index contributed by atoms with van der Waals surface area (Å²) < 4.78 is 15.4. The topological polar surface area (TPSA) is 63.5 Å². The Bertz CT molecular complexity index is 171. The second-order valence-electron chi connectivity index (χ2n) is 3.00. The van der Waals surface area contributed by atoms with Crippen molar-refractivity contribution in [1.29, 1.82) is 5.26 Å². The Hall–Kier alpha value is -0.670. The molecule has 0 rings (SSSR count). The number of nitrogens with zero attached hydrogens (tertiary/aromatic N) is 1. The summed E-state index contributed by atoms with van der Waals surface area (Å²) in [4.78, 5) is 0. The van der Waals surface area contributed by atoms with Crippen LogP contribution in [0, 0.1) is 11.3 Å². The standard InChI is InChI=1S/C10H20N2O3/c1-12-10(8-11)9-15-7-6-14-5-3-4-13-2/h10,12H,3-7,9H2,1-2H3. The van der Waals surface area contributed by atoms with E-state index in [1.165, 1.54) is 0 Å². The predicted octanol–water partition coefficient (Wildman–Crippen LogP) is 0.168. The molecule has 0 saturated heterocycles. The summed E-state index contributed by atoms with van der Waals surface area (Å²) >= 11 is 0. The molecule has 0 radical (unpaired) electrons. The zero-order valence-electron chi connectivity index (χ0n) is 9.49. The van der Waals surface area contributed by atoms with Crippen LogP contribution in [0.3, 0.4) is 0 Å². The highest BCUT2D eigenvalue weighted by Crippen LogP contribution is 1.86. The molecule has 0 aromatic rings. The van der Waals surface area contributed by atoms with Gasteiger partial charge in [-0.2, -0.15) is 5.26 Å². The van der Waals surface area contributed by atoms with E-state index >= 15 is 0 Å². The number of rotatable bonds is 10. The van der Waals surface area contributed by atoms with Crippen molar-refractivity contribution in [3.8, 4) is 6.07 Å². The van der Waals surface area contributed by atoms with Crippen molar-refractivity contribution < 1.29 is 14.2 Å². The van der Waals surface area contributed by atoms with Crippen molar-refractivity contribution in [2.45, 2.75) is 12.5 Å². The third-order valence-electron chi connectivity index (χ3n) is 1.80. The molecule has 0 fully saturated rings. The molecule has 0 heterocycles. The van der Waals surface area contributed by atoms with Crippen LogP contribution in [0.5, 0.6) is 0 Å². The van der Waals surface area contributed by atoms with E-state index in [1.807, 2.05) is 0 Å². The summed E-state index contributed by atoms with van der Waals surface area (Å²) in [6.45, 7) is 2.88. The van der Waals surface area contributed by atoms with Crippen LogP contribution in [0.1, 0.15) is 6.42 Å². The maximum Gasteiger partial charge on any atom is 0.119 e. The fraction of sp³-hybridized carbons (Fsp3) is 0.900. The molecule has 5 nitrogen and oxygen atoms in total. The van der Waals surface area contributed by atoms with Gasteiger partial charge in [-0.1, -0.05) is 0 Å². The monoisotopic (exact) mass is 216 g/mol. The zero-order chi connectivity index (χ0) is 11.4. The summed E-state index contributed by atoms with van der Waals surface area (Å²) in [5.41, 5.74) is 0. The van der Waals surface area contributed by atoms with Gasteiger partial charge < -0.3 is 19.5 Å². The summed E-state index contributed by atoms with van der Waals surface area (Å²) in [6, 6.07) is 1.84. The van der Waals surface area contributed by atoms with Gasteiger partial charge in [-0.25, -0.2) is 0 Å². The lowest BCUT2D eigenvalue weighted by molar-refractivity contribution is 0.0371. The van der Waals surface area contributed by atoms with Crippen LogP contribution in [0.4, 0.5) is 0 Å². The molecular formula is C10H20N2O3. The van der Waals surface area contributed by atoms with E-state index in [2.05, 4.69) is 11.4 Å². The zero-order valence-corrected chi connectivity index (χ0v) is 9.49. The van der Waals surface area contributed by atoms with Gasteiger partial charge >= 0.3 is 0 Å². The summed E-state index contributed by atoms with van der Waals surface area (Å²) in [6.07, 6.45) is 0.897. The highest BCUT2D eigenvalue weighted by Gasteiger charge is 2.02. The molecule has 0 aromatic heterocycles. The molecule has 88 valence electrons. The summed E-state index contributed by atoms with van der Waals surface area (Å²) in [5.74, 6) is 0. The van der Waals surface area contributed by atoms with Gasteiger partial charge in [0.2, 0.25) is 0 Å². The van der Waals surface area contributed by atoms with Gasteiger partial charge in [0, 0.05) is 20.3 Å². The minimum atomic E-state index is -0.238. The molecule has 0 aliphatic heterocycles. The largest absolute Gasteiger partial charge is 0.385 e. The van der Waals surface area contributed by atoms with E-state index in [4.69, 9.17) is 19.5 Å². The van der Waals surface area contributed by atoms with E-state index in [0.717, 1.165) is 13.0 Å². The number of hydrogen-bond donors (Lipinski definition) is 1. The molecule has 0 aliphatic rings. The molecule has 1 N–H and O–H groups in total. The Morgan fingerprint density at radius 2 is 1.93 bits per heavy atom. The lowest BCUT2D eigenvalue weighted by Gasteiger charge is -2.08. The first-order valence-corrected chi connectivity index (χ1v) is 5.06. The minimum absolute atomic E-state index is 0.238. The van der Waals surface area contributed by atoms with Crippen LogP contribution >= 0.6 is 0 Å². The molecule has 0 bridgehead atoms. The van der Waals surface area contributed by atoms with Crippen LogP contribution in [0.2, 0.25) is 0 Å². The second kappa shape index (κ2) is 11.4. The number of likely N-dealkylation sites (N-methyl/N-ethyl adjacent to an activating group) is 1. The van der Waals surface area contributed by atoms with Crippen molar-refractivity contribution in [2.75, 3.05) is 47.2 Å². The second-order valence-corrected chi connectivity index (χ2v) is 3.00. The maximum atomic E-state index is 8.59. The van der Waals surface area contributed by atoms with Crippen LogP contribution in [0.15, 0.2) is 0 Å². The molecule has 0 saturated carbocycles. The molecule has 0 amide bonds. The molecule has 0 aromatic carbocycles. The van der Waals surface area contributed by atoms with Gasteiger partial charge in [0.25, 0.3) is 0 Å². The lowest BCUT2D eigenvalue weighted by Crippen LogP contribution is -2.29. The van der Waals surface area contributed by atoms with Crippen LogP contribution in [-0.2, 0) is 14.2 Å². The van der Waals surface area contributed by atoms with Gasteiger partial charge in [0.15, 0.2) is 0 Å². The summed E-state index contributed by atoms with van der Waals surface area (Å²) in [7, 11) is 3.40. The van der Waals surface area contributed by atoms with Crippen molar-refractivity contribution in [3.05, 3.63) is 0 Å². The normalized spacial score (nSPS) is 12.3. The molecule has 1 unspecified atom stereocenters. The van der Waals surface area contributed by atoms with E-state index in [9.17, 15) is 0 Å². The Morgan fingerprint density at radius 1 is 1.20 bits per heavy atom. The first-order chi connectivity index (χ1) is 7.35. The van der Waals surface area contributed by atoms with Gasteiger partial charge in [0.1, 0.15) is 6.04 Å². The molecular weight excluding hydrogens is 196 g/mol. The fourth-order valence-corrected chi connectivity index (χ4v) is 0.912. The van der Waals surface area contributed by atoms with Crippen molar-refractivity contribution in [3.63, 3.8) is 0 Å². The molecule has 1 atom stereocenters. The van der Waals surface area contributed by atoms with Gasteiger partial charge in [0.05, 0.1) is 25.9 Å². The average molecular weight is 216 g/mol. The molecule has 15 heavy (non-hydrogen) atoms. The van der Waals surface area contributed by atoms with Gasteiger partial charge in [-0.05, 0) is 13.5 Å². The van der Waals surface area contributed by atoms with Crippen molar-refractivity contribution >= 4 is 0 Å². The molecule has 5 heteroatoms. The maximum absolute atomic E-state index is 8.59. The molecule has 0 aliphatic carbocycles. The lowest BCUT2D eigenvalue weighted by atomic mass is 10.4. The quantitative estimate of drug-likeness (QED) is 0.527. The van der Waals surface area contributed by atoms with Crippen LogP contribution < -0.4 is 5.32 Å². The Balaban J connectivity index is 3.08. The third-order valence-corrected chi connectivity index (χ3v) is 1.80. The minimum Gasteiger partial charge on any atom is -0.385 e. The smallest absolute Gasteiger partial charge is 0.119 e. The fourth-order valence-electron chi connectivity index (χ4n) is 0.912. The van der Waals surface area contributed by atoms with Crippen molar-refractivity contribution in [2.24, 2.45) is 0 Å². The van der Waals surface area contributed by atoms with Crippen molar-refractivity contribution in [1.82, 2.24) is 5.32 Å². The van der Waals surface area contributed by atoms with Crippen LogP contribution in [0.25, 0.3) is 0 Å². The Labute approximate surface area is 91.3 Å². The number of ether oxygens (including phenoxy) is 3. The summed E-state index contributed by atoms with van der Waals surface area (Å²) in [5, 5.41) is 11.4. The predicted molar refractivity (Wildman–Crippen MR) is 56.6 cm³/mol. The number of methoxy groups -OCH3 is 1. The number of nitriles is 1. The van der Waals surface area contributed by atoms with Crippen LogP contribution in [-0.4, -0.2) is 53.2 Å².